The fourth-order valence-corrected chi connectivity index (χ4v) is 2.18. The third-order valence-corrected chi connectivity index (χ3v) is 3.17. The van der Waals surface area contributed by atoms with Crippen LogP contribution in [-0.2, 0) is 9.59 Å². The fraction of sp³-hybridized carbons (Fsp3) is 0.400. The Bertz CT molecular complexity index is 400. The van der Waals surface area contributed by atoms with Crippen LogP contribution in [0, 0.1) is 6.92 Å². The van der Waals surface area contributed by atoms with Crippen molar-refractivity contribution in [2.24, 2.45) is 0 Å². The molecule has 2 rings (SSSR count). The second-order valence-corrected chi connectivity index (χ2v) is 4.71. The van der Waals surface area contributed by atoms with E-state index in [-0.39, 0.29) is 17.9 Å². The molecule has 2 amide bonds. The van der Waals surface area contributed by atoms with E-state index in [1.165, 1.54) is 0 Å². The molecule has 0 radical (unpaired) electrons. The van der Waals surface area contributed by atoms with E-state index in [1.807, 2.05) is 18.4 Å². The van der Waals surface area contributed by atoms with E-state index in [4.69, 9.17) is 0 Å². The van der Waals surface area contributed by atoms with Crippen molar-refractivity contribution >= 4 is 28.8 Å². The number of hydrogen-bond donors (Lipinski definition) is 2. The number of hydrogen-bond acceptors (Lipinski definition) is 3. The van der Waals surface area contributed by atoms with Gasteiger partial charge >= 0.3 is 0 Å². The van der Waals surface area contributed by atoms with Gasteiger partial charge in [0.05, 0.1) is 5.69 Å². The number of aryl methyl sites for hydroxylation is 1. The van der Waals surface area contributed by atoms with Gasteiger partial charge in [0.2, 0.25) is 11.8 Å². The molecule has 4 nitrogen and oxygen atoms in total. The molecule has 1 aliphatic heterocycles. The Morgan fingerprint density at radius 2 is 2.47 bits per heavy atom. The normalized spacial score (nSPS) is 20.1. The van der Waals surface area contributed by atoms with Crippen molar-refractivity contribution in [3.05, 3.63) is 16.3 Å². The molecule has 1 aromatic rings. The lowest BCUT2D eigenvalue weighted by Gasteiger charge is -2.09. The first-order chi connectivity index (χ1) is 7.15. The van der Waals surface area contributed by atoms with E-state index in [0.29, 0.717) is 12.8 Å². The number of thiophene rings is 1. The molecule has 15 heavy (non-hydrogen) atoms. The van der Waals surface area contributed by atoms with E-state index in [9.17, 15) is 9.59 Å². The molecule has 1 aliphatic rings. The van der Waals surface area contributed by atoms with Crippen LogP contribution in [-0.4, -0.2) is 17.9 Å². The summed E-state index contributed by atoms with van der Waals surface area (Å²) in [6.45, 7) is 1.98. The Kier molecular flexibility index (Phi) is 2.73. The van der Waals surface area contributed by atoms with Gasteiger partial charge in [0.25, 0.3) is 0 Å². The zero-order valence-corrected chi connectivity index (χ0v) is 9.19. The minimum atomic E-state index is -0.363. The quantitative estimate of drug-likeness (QED) is 0.795. The van der Waals surface area contributed by atoms with Gasteiger partial charge in [-0.2, -0.15) is 0 Å². The highest BCUT2D eigenvalue weighted by molar-refractivity contribution is 7.10. The summed E-state index contributed by atoms with van der Waals surface area (Å²) in [7, 11) is 0. The monoisotopic (exact) mass is 224 g/mol. The van der Waals surface area contributed by atoms with Crippen molar-refractivity contribution in [2.75, 3.05) is 5.32 Å². The van der Waals surface area contributed by atoms with Gasteiger partial charge in [0.1, 0.15) is 6.04 Å². The number of nitrogens with one attached hydrogen (secondary N) is 2. The lowest BCUT2D eigenvalue weighted by Crippen LogP contribution is -2.37. The van der Waals surface area contributed by atoms with E-state index in [0.717, 1.165) is 10.6 Å². The van der Waals surface area contributed by atoms with Crippen LogP contribution in [0.3, 0.4) is 0 Å². The number of amides is 2. The highest BCUT2D eigenvalue weighted by Gasteiger charge is 2.27. The molecule has 0 aliphatic carbocycles. The maximum atomic E-state index is 11.6. The molecule has 5 heteroatoms. The van der Waals surface area contributed by atoms with Crippen molar-refractivity contribution in [1.29, 1.82) is 0 Å². The topological polar surface area (TPSA) is 58.2 Å². The highest BCUT2D eigenvalue weighted by Crippen LogP contribution is 2.18. The summed E-state index contributed by atoms with van der Waals surface area (Å²) < 4.78 is 0. The molecular weight excluding hydrogens is 212 g/mol. The molecule has 2 N–H and O–H groups in total. The van der Waals surface area contributed by atoms with Crippen LogP contribution in [0.4, 0.5) is 5.69 Å². The first kappa shape index (κ1) is 10.2. The van der Waals surface area contributed by atoms with Gasteiger partial charge in [-0.05, 0) is 19.4 Å². The van der Waals surface area contributed by atoms with Crippen LogP contribution in [0.25, 0.3) is 0 Å². The smallest absolute Gasteiger partial charge is 0.246 e. The molecule has 0 bridgehead atoms. The van der Waals surface area contributed by atoms with E-state index in [2.05, 4.69) is 10.6 Å². The Hall–Kier alpha value is -1.36. The minimum absolute atomic E-state index is 0.0448. The fourth-order valence-electron chi connectivity index (χ4n) is 1.55. The Balaban J connectivity index is 1.95. The largest absolute Gasteiger partial charge is 0.344 e. The Labute approximate surface area is 91.7 Å². The number of carbonyl (C=O) groups is 2. The van der Waals surface area contributed by atoms with Crippen molar-refractivity contribution in [2.45, 2.75) is 25.8 Å². The van der Waals surface area contributed by atoms with Crippen LogP contribution in [0.1, 0.15) is 17.7 Å². The second-order valence-electron chi connectivity index (χ2n) is 3.59. The molecule has 0 aromatic carbocycles. The van der Waals surface area contributed by atoms with Gasteiger partial charge in [-0.15, -0.1) is 11.3 Å². The number of rotatable bonds is 2. The second kappa shape index (κ2) is 4.02. The van der Waals surface area contributed by atoms with E-state index < -0.39 is 0 Å². The third-order valence-electron chi connectivity index (χ3n) is 2.31. The summed E-state index contributed by atoms with van der Waals surface area (Å²) in [4.78, 5) is 23.7. The zero-order chi connectivity index (χ0) is 10.8. The summed E-state index contributed by atoms with van der Waals surface area (Å²) in [6.07, 6.45) is 1.04. The minimum Gasteiger partial charge on any atom is -0.344 e. The Morgan fingerprint density at radius 3 is 3.00 bits per heavy atom. The van der Waals surface area contributed by atoms with Crippen LogP contribution in [0.5, 0.6) is 0 Å². The Morgan fingerprint density at radius 1 is 1.67 bits per heavy atom. The molecule has 0 saturated carbocycles. The van der Waals surface area contributed by atoms with Gasteiger partial charge in [-0.25, -0.2) is 0 Å². The van der Waals surface area contributed by atoms with Crippen LogP contribution >= 0.6 is 11.3 Å². The highest BCUT2D eigenvalue weighted by atomic mass is 32.1. The molecule has 1 fully saturated rings. The van der Waals surface area contributed by atoms with Gasteiger partial charge in [0, 0.05) is 16.7 Å². The molecule has 1 saturated heterocycles. The molecule has 0 unspecified atom stereocenters. The number of anilines is 1. The predicted molar refractivity (Wildman–Crippen MR) is 58.9 cm³/mol. The van der Waals surface area contributed by atoms with Gasteiger partial charge in [0.15, 0.2) is 0 Å². The molecule has 0 spiro atoms. The molecular formula is C10H12N2O2S. The first-order valence-corrected chi connectivity index (χ1v) is 5.68. The summed E-state index contributed by atoms with van der Waals surface area (Å²) >= 11 is 1.59. The van der Waals surface area contributed by atoms with Gasteiger partial charge < -0.3 is 10.6 Å². The lowest BCUT2D eigenvalue weighted by molar-refractivity contribution is -0.122. The average molecular weight is 224 g/mol. The van der Waals surface area contributed by atoms with Crippen molar-refractivity contribution in [1.82, 2.24) is 5.32 Å². The summed E-state index contributed by atoms with van der Waals surface area (Å²) in [5, 5.41) is 7.31. The van der Waals surface area contributed by atoms with Gasteiger partial charge in [-0.1, -0.05) is 0 Å². The van der Waals surface area contributed by atoms with Crippen molar-refractivity contribution in [3.63, 3.8) is 0 Å². The SMILES string of the molecule is Cc1cc(NC(=O)[C@H]2CCC(=O)N2)cs1. The van der Waals surface area contributed by atoms with Crippen molar-refractivity contribution < 1.29 is 9.59 Å². The molecule has 2 heterocycles. The zero-order valence-electron chi connectivity index (χ0n) is 8.37. The molecule has 1 atom stereocenters. The van der Waals surface area contributed by atoms with Crippen LogP contribution < -0.4 is 10.6 Å². The lowest BCUT2D eigenvalue weighted by atomic mass is 10.2. The van der Waals surface area contributed by atoms with Crippen LogP contribution in [0.15, 0.2) is 11.4 Å². The average Bonchev–Trinajstić information content (AvgIpc) is 2.75. The van der Waals surface area contributed by atoms with Gasteiger partial charge in [-0.3, -0.25) is 9.59 Å². The number of carbonyl (C=O) groups excluding carboxylic acids is 2. The standard InChI is InChI=1S/C10H12N2O2S/c1-6-4-7(5-15-6)11-10(14)8-2-3-9(13)12-8/h4-5,8H,2-3H2,1H3,(H,11,14)(H,12,13)/t8-/m1/s1. The third kappa shape index (κ3) is 2.36. The van der Waals surface area contributed by atoms with E-state index >= 15 is 0 Å². The van der Waals surface area contributed by atoms with Crippen LogP contribution in [0.2, 0.25) is 0 Å². The first-order valence-electron chi connectivity index (χ1n) is 4.80. The summed E-state index contributed by atoms with van der Waals surface area (Å²) in [5.74, 6) is -0.171. The summed E-state index contributed by atoms with van der Waals surface area (Å²) in [5.41, 5.74) is 0.809. The predicted octanol–water partition coefficient (Wildman–Crippen LogP) is 1.27. The van der Waals surface area contributed by atoms with E-state index in [1.54, 1.807) is 11.3 Å². The maximum absolute atomic E-state index is 11.6. The molecule has 1 aromatic heterocycles. The molecule has 80 valence electrons. The maximum Gasteiger partial charge on any atom is 0.246 e. The summed E-state index contributed by atoms with van der Waals surface area (Å²) in [6, 6.07) is 1.55. The van der Waals surface area contributed by atoms with Crippen molar-refractivity contribution in [3.8, 4) is 0 Å².